The third-order valence-electron chi connectivity index (χ3n) is 4.32. The molecule has 0 atom stereocenters. The van der Waals surface area contributed by atoms with Crippen molar-refractivity contribution in [1.29, 1.82) is 0 Å². The van der Waals surface area contributed by atoms with Crippen molar-refractivity contribution in [2.75, 3.05) is 19.5 Å². The van der Waals surface area contributed by atoms with E-state index in [1.807, 2.05) is 48.8 Å². The normalized spacial score (nSPS) is 11.2. The molecule has 0 saturated heterocycles. The van der Waals surface area contributed by atoms with Crippen molar-refractivity contribution in [2.24, 2.45) is 0 Å². The van der Waals surface area contributed by atoms with Crippen LogP contribution in [0.4, 0.5) is 5.82 Å². The smallest absolute Gasteiger partial charge is 0.169 e. The number of nitrogens with one attached hydrogen (secondary N) is 1. The SMILES string of the molecule is CNc1cc2c(cn1)cc(-c1c(C)ccc(OC)c1Cl)c1nncn12. The molecule has 0 fully saturated rings. The maximum Gasteiger partial charge on any atom is 0.169 e. The molecule has 4 rings (SSSR count). The van der Waals surface area contributed by atoms with Crippen molar-refractivity contribution < 1.29 is 4.74 Å². The summed E-state index contributed by atoms with van der Waals surface area (Å²) >= 11 is 6.61. The average Bonchev–Trinajstić information content (AvgIpc) is 3.12. The Morgan fingerprint density at radius 1 is 1.24 bits per heavy atom. The lowest BCUT2D eigenvalue weighted by Crippen LogP contribution is -1.98. The summed E-state index contributed by atoms with van der Waals surface area (Å²) in [5.74, 6) is 1.41. The van der Waals surface area contributed by atoms with E-state index < -0.39 is 0 Å². The van der Waals surface area contributed by atoms with Crippen molar-refractivity contribution >= 4 is 34.0 Å². The zero-order chi connectivity index (χ0) is 17.6. The number of rotatable bonds is 3. The zero-order valence-corrected chi connectivity index (χ0v) is 14.8. The van der Waals surface area contributed by atoms with Gasteiger partial charge in [-0.2, -0.15) is 0 Å². The van der Waals surface area contributed by atoms with Gasteiger partial charge in [-0.1, -0.05) is 17.7 Å². The molecule has 25 heavy (non-hydrogen) atoms. The minimum Gasteiger partial charge on any atom is -0.495 e. The van der Waals surface area contributed by atoms with Gasteiger partial charge in [-0.05, 0) is 24.6 Å². The lowest BCUT2D eigenvalue weighted by Gasteiger charge is -2.14. The van der Waals surface area contributed by atoms with Gasteiger partial charge in [0.25, 0.3) is 0 Å². The molecule has 0 spiro atoms. The Hall–Kier alpha value is -2.86. The summed E-state index contributed by atoms with van der Waals surface area (Å²) in [7, 11) is 3.45. The summed E-state index contributed by atoms with van der Waals surface area (Å²) in [5, 5.41) is 13.0. The molecule has 0 unspecified atom stereocenters. The number of aromatic nitrogens is 4. The number of aryl methyl sites for hydroxylation is 1. The van der Waals surface area contributed by atoms with Gasteiger partial charge in [0.05, 0.1) is 17.6 Å². The molecule has 0 bridgehead atoms. The van der Waals surface area contributed by atoms with E-state index in [0.29, 0.717) is 10.8 Å². The lowest BCUT2D eigenvalue weighted by atomic mass is 9.99. The molecule has 0 aliphatic rings. The van der Waals surface area contributed by atoms with Crippen LogP contribution in [0.2, 0.25) is 5.02 Å². The average molecular weight is 354 g/mol. The highest BCUT2D eigenvalue weighted by molar-refractivity contribution is 6.35. The van der Waals surface area contributed by atoms with E-state index >= 15 is 0 Å². The number of fused-ring (bicyclic) bond motifs is 3. The second-order valence-electron chi connectivity index (χ2n) is 5.73. The monoisotopic (exact) mass is 353 g/mol. The van der Waals surface area contributed by atoms with Crippen LogP contribution < -0.4 is 10.1 Å². The van der Waals surface area contributed by atoms with Crippen LogP contribution in [0, 0.1) is 6.92 Å². The van der Waals surface area contributed by atoms with Crippen LogP contribution in [-0.4, -0.2) is 33.7 Å². The molecule has 3 aromatic heterocycles. The third kappa shape index (κ3) is 2.37. The van der Waals surface area contributed by atoms with Gasteiger partial charge in [-0.25, -0.2) is 4.98 Å². The van der Waals surface area contributed by atoms with Crippen molar-refractivity contribution in [3.05, 3.63) is 47.4 Å². The number of benzene rings is 1. The fourth-order valence-electron chi connectivity index (χ4n) is 3.05. The number of halogens is 1. The number of hydrogen-bond acceptors (Lipinski definition) is 5. The molecule has 3 heterocycles. The Morgan fingerprint density at radius 3 is 2.84 bits per heavy atom. The summed E-state index contributed by atoms with van der Waals surface area (Å²) in [6.45, 7) is 2.01. The van der Waals surface area contributed by atoms with E-state index in [9.17, 15) is 0 Å². The molecule has 0 aliphatic heterocycles. The lowest BCUT2D eigenvalue weighted by molar-refractivity contribution is 0.415. The zero-order valence-electron chi connectivity index (χ0n) is 14.0. The minimum absolute atomic E-state index is 0.562. The number of ether oxygens (including phenoxy) is 1. The number of nitrogens with zero attached hydrogens (tertiary/aromatic N) is 4. The number of hydrogen-bond donors (Lipinski definition) is 1. The van der Waals surface area contributed by atoms with Crippen molar-refractivity contribution in [3.63, 3.8) is 0 Å². The molecule has 4 aromatic rings. The summed E-state index contributed by atoms with van der Waals surface area (Å²) in [6.07, 6.45) is 3.53. The Labute approximate surface area is 149 Å². The number of methoxy groups -OCH3 is 1. The van der Waals surface area contributed by atoms with Crippen LogP contribution in [0.25, 0.3) is 27.7 Å². The second kappa shape index (κ2) is 5.89. The van der Waals surface area contributed by atoms with Gasteiger partial charge in [-0.15, -0.1) is 10.2 Å². The molecule has 0 saturated carbocycles. The Balaban J connectivity index is 2.11. The van der Waals surface area contributed by atoms with E-state index in [2.05, 4.69) is 20.5 Å². The van der Waals surface area contributed by atoms with Crippen LogP contribution in [-0.2, 0) is 0 Å². The maximum atomic E-state index is 6.61. The maximum absolute atomic E-state index is 6.61. The predicted octanol–water partition coefficient (Wildman–Crippen LogP) is 3.96. The Kier molecular flexibility index (Phi) is 3.69. The van der Waals surface area contributed by atoms with Gasteiger partial charge in [0, 0.05) is 35.8 Å². The predicted molar refractivity (Wildman–Crippen MR) is 99.6 cm³/mol. The number of pyridine rings is 2. The summed E-state index contributed by atoms with van der Waals surface area (Å²) in [6, 6.07) is 7.86. The van der Waals surface area contributed by atoms with Gasteiger partial charge < -0.3 is 10.1 Å². The third-order valence-corrected chi connectivity index (χ3v) is 4.70. The first-order chi connectivity index (χ1) is 12.1. The van der Waals surface area contributed by atoms with E-state index in [-0.39, 0.29) is 0 Å². The van der Waals surface area contributed by atoms with E-state index in [0.717, 1.165) is 39.1 Å². The van der Waals surface area contributed by atoms with E-state index in [4.69, 9.17) is 16.3 Å². The van der Waals surface area contributed by atoms with Crippen LogP contribution in [0.3, 0.4) is 0 Å². The molecular weight excluding hydrogens is 338 g/mol. The molecule has 0 radical (unpaired) electrons. The van der Waals surface area contributed by atoms with Crippen molar-refractivity contribution in [3.8, 4) is 16.9 Å². The summed E-state index contributed by atoms with van der Waals surface area (Å²) in [5.41, 5.74) is 4.53. The van der Waals surface area contributed by atoms with Gasteiger partial charge >= 0.3 is 0 Å². The Morgan fingerprint density at radius 2 is 2.08 bits per heavy atom. The van der Waals surface area contributed by atoms with Gasteiger partial charge in [0.15, 0.2) is 5.65 Å². The largest absolute Gasteiger partial charge is 0.495 e. The van der Waals surface area contributed by atoms with Crippen LogP contribution >= 0.6 is 11.6 Å². The van der Waals surface area contributed by atoms with Gasteiger partial charge in [0.1, 0.15) is 17.9 Å². The van der Waals surface area contributed by atoms with Crippen LogP contribution in [0.5, 0.6) is 5.75 Å². The fraction of sp³-hybridized carbons (Fsp3) is 0.167. The standard InChI is InChI=1S/C18H16ClN5O/c1-10-4-5-14(25-3)17(19)16(10)12-6-11-8-21-15(20-2)7-13(11)24-9-22-23-18(12)24/h4-9H,1-3H3,(H,20,21). The highest BCUT2D eigenvalue weighted by atomic mass is 35.5. The molecule has 0 amide bonds. The van der Waals surface area contributed by atoms with E-state index in [1.165, 1.54) is 0 Å². The van der Waals surface area contributed by atoms with Crippen molar-refractivity contribution in [2.45, 2.75) is 6.92 Å². The molecule has 7 heteroatoms. The number of anilines is 1. The first-order valence-electron chi connectivity index (χ1n) is 7.77. The molecule has 0 aliphatic carbocycles. The Bertz CT molecular complexity index is 1110. The molecule has 6 nitrogen and oxygen atoms in total. The van der Waals surface area contributed by atoms with E-state index in [1.54, 1.807) is 13.4 Å². The summed E-state index contributed by atoms with van der Waals surface area (Å²) in [4.78, 5) is 4.41. The highest BCUT2D eigenvalue weighted by Crippen LogP contribution is 2.40. The first kappa shape index (κ1) is 15.7. The molecular formula is C18H16ClN5O. The summed E-state index contributed by atoms with van der Waals surface area (Å²) < 4.78 is 7.32. The van der Waals surface area contributed by atoms with Crippen LogP contribution in [0.15, 0.2) is 36.8 Å². The highest BCUT2D eigenvalue weighted by Gasteiger charge is 2.18. The molecule has 126 valence electrons. The quantitative estimate of drug-likeness (QED) is 0.604. The fourth-order valence-corrected chi connectivity index (χ4v) is 3.44. The topological polar surface area (TPSA) is 64.3 Å². The van der Waals surface area contributed by atoms with Crippen molar-refractivity contribution in [1.82, 2.24) is 19.6 Å². The molecule has 1 aromatic carbocycles. The van der Waals surface area contributed by atoms with Gasteiger partial charge in [-0.3, -0.25) is 4.40 Å². The minimum atomic E-state index is 0.562. The molecule has 1 N–H and O–H groups in total. The first-order valence-corrected chi connectivity index (χ1v) is 8.15. The van der Waals surface area contributed by atoms with Gasteiger partial charge in [0.2, 0.25) is 0 Å². The second-order valence-corrected chi connectivity index (χ2v) is 6.11. The van der Waals surface area contributed by atoms with Crippen LogP contribution in [0.1, 0.15) is 5.56 Å².